The highest BCUT2D eigenvalue weighted by atomic mass is 16.2. The predicted molar refractivity (Wildman–Crippen MR) is 79.6 cm³/mol. The van der Waals surface area contributed by atoms with Gasteiger partial charge in [0.25, 0.3) is 5.91 Å². The molecule has 1 amide bonds. The van der Waals surface area contributed by atoms with E-state index in [1.807, 2.05) is 33.0 Å². The maximum Gasteiger partial charge on any atom is 0.254 e. The second-order valence-corrected chi connectivity index (χ2v) is 5.44. The van der Waals surface area contributed by atoms with Gasteiger partial charge in [-0.3, -0.25) is 4.79 Å². The summed E-state index contributed by atoms with van der Waals surface area (Å²) in [6.07, 6.45) is 0.916. The molecule has 106 valence electrons. The summed E-state index contributed by atoms with van der Waals surface area (Å²) in [5.74, 6) is 0.796. The van der Waals surface area contributed by atoms with Crippen molar-refractivity contribution in [1.29, 1.82) is 0 Å². The highest BCUT2D eigenvalue weighted by Crippen LogP contribution is 2.20. The minimum Gasteiger partial charge on any atom is -0.370 e. The number of carbonyl (C=O) groups is 1. The largest absolute Gasteiger partial charge is 0.370 e. The normalized spacial score (nSPS) is 11.3. The number of anilines is 1. The van der Waals surface area contributed by atoms with Crippen molar-refractivity contribution in [3.8, 4) is 0 Å². The molecule has 0 aliphatic heterocycles. The minimum atomic E-state index is -0.146. The van der Waals surface area contributed by atoms with Crippen molar-refractivity contribution in [2.75, 3.05) is 18.9 Å². The maximum atomic E-state index is 12.5. The van der Waals surface area contributed by atoms with Crippen LogP contribution in [0.1, 0.15) is 50.2 Å². The zero-order valence-electron chi connectivity index (χ0n) is 12.9. The fraction of sp³-hybridized carbons (Fsp3) is 0.600. The smallest absolute Gasteiger partial charge is 0.254 e. The van der Waals surface area contributed by atoms with Gasteiger partial charge in [0.15, 0.2) is 0 Å². The first-order chi connectivity index (χ1) is 8.81. The molecular formula is C15H25N3O. The van der Waals surface area contributed by atoms with Crippen LogP contribution in [0.2, 0.25) is 0 Å². The lowest BCUT2D eigenvalue weighted by atomic mass is 9.99. The van der Waals surface area contributed by atoms with E-state index in [2.05, 4.69) is 31.1 Å². The van der Waals surface area contributed by atoms with Crippen molar-refractivity contribution in [2.24, 2.45) is 0 Å². The second kappa shape index (κ2) is 6.04. The minimum absolute atomic E-state index is 0.0384. The molecule has 0 atom stereocenters. The molecule has 1 N–H and O–H groups in total. The molecule has 1 aromatic heterocycles. The summed E-state index contributed by atoms with van der Waals surface area (Å²) in [4.78, 5) is 18.7. The lowest BCUT2D eigenvalue weighted by Gasteiger charge is -2.35. The number of pyridine rings is 1. The Morgan fingerprint density at radius 1 is 1.37 bits per heavy atom. The van der Waals surface area contributed by atoms with Gasteiger partial charge in [-0.2, -0.15) is 0 Å². The summed E-state index contributed by atoms with van der Waals surface area (Å²) in [6.45, 7) is 10.9. The molecule has 0 aliphatic rings. The van der Waals surface area contributed by atoms with E-state index in [0.29, 0.717) is 5.56 Å². The molecule has 0 bridgehead atoms. The average molecular weight is 263 g/mol. The average Bonchev–Trinajstić information content (AvgIpc) is 2.36. The molecule has 0 spiro atoms. The van der Waals surface area contributed by atoms with E-state index in [1.165, 1.54) is 0 Å². The van der Waals surface area contributed by atoms with Gasteiger partial charge in [0.2, 0.25) is 0 Å². The number of hydrogen-bond acceptors (Lipinski definition) is 3. The van der Waals surface area contributed by atoms with Crippen LogP contribution in [-0.2, 0) is 0 Å². The molecule has 1 heterocycles. The molecule has 0 unspecified atom stereocenters. The molecule has 0 fully saturated rings. The van der Waals surface area contributed by atoms with Crippen LogP contribution in [0.25, 0.3) is 0 Å². The van der Waals surface area contributed by atoms with E-state index in [1.54, 1.807) is 4.90 Å². The van der Waals surface area contributed by atoms with Crippen LogP contribution in [-0.4, -0.2) is 34.9 Å². The number of amides is 1. The standard InChI is InChI=1S/C15H25N3O/c1-7-15(4,5)18(6)14(19)12-9-11(3)17-13(10-12)16-8-2/h9-10H,7-8H2,1-6H3,(H,16,17). The number of nitrogens with one attached hydrogen (secondary N) is 1. The van der Waals surface area contributed by atoms with Gasteiger partial charge in [0, 0.05) is 30.4 Å². The van der Waals surface area contributed by atoms with Crippen molar-refractivity contribution < 1.29 is 4.79 Å². The van der Waals surface area contributed by atoms with Gasteiger partial charge >= 0.3 is 0 Å². The predicted octanol–water partition coefficient (Wildman–Crippen LogP) is 3.08. The van der Waals surface area contributed by atoms with Gasteiger partial charge in [-0.1, -0.05) is 6.92 Å². The molecule has 4 heteroatoms. The SMILES string of the molecule is CCNc1cc(C(=O)N(C)C(C)(C)CC)cc(C)n1. The molecular weight excluding hydrogens is 238 g/mol. The van der Waals surface area contributed by atoms with Crippen molar-refractivity contribution in [3.63, 3.8) is 0 Å². The third-order valence-corrected chi connectivity index (χ3v) is 3.64. The third kappa shape index (κ3) is 3.69. The van der Waals surface area contributed by atoms with E-state index >= 15 is 0 Å². The number of carbonyl (C=O) groups excluding carboxylic acids is 1. The highest BCUT2D eigenvalue weighted by Gasteiger charge is 2.26. The number of aryl methyl sites for hydroxylation is 1. The van der Waals surface area contributed by atoms with Crippen LogP contribution in [0.15, 0.2) is 12.1 Å². The summed E-state index contributed by atoms with van der Waals surface area (Å²) >= 11 is 0. The third-order valence-electron chi connectivity index (χ3n) is 3.64. The Bertz CT molecular complexity index is 455. The fourth-order valence-electron chi connectivity index (χ4n) is 1.77. The second-order valence-electron chi connectivity index (χ2n) is 5.44. The molecule has 0 aromatic carbocycles. The molecule has 0 saturated carbocycles. The lowest BCUT2D eigenvalue weighted by Crippen LogP contribution is -2.44. The summed E-state index contributed by atoms with van der Waals surface area (Å²) in [6, 6.07) is 3.66. The highest BCUT2D eigenvalue weighted by molar-refractivity contribution is 5.95. The number of nitrogens with zero attached hydrogens (tertiary/aromatic N) is 2. The molecule has 0 saturated heterocycles. The van der Waals surface area contributed by atoms with E-state index in [4.69, 9.17) is 0 Å². The van der Waals surface area contributed by atoms with Gasteiger partial charge in [-0.25, -0.2) is 4.98 Å². The first-order valence-corrected chi connectivity index (χ1v) is 6.82. The van der Waals surface area contributed by atoms with Crippen molar-refractivity contribution >= 4 is 11.7 Å². The van der Waals surface area contributed by atoms with Gasteiger partial charge in [-0.05, 0) is 46.2 Å². The van der Waals surface area contributed by atoms with Crippen LogP contribution in [0.4, 0.5) is 5.82 Å². The molecule has 0 aliphatic carbocycles. The molecule has 1 rings (SSSR count). The van der Waals surface area contributed by atoms with Gasteiger partial charge in [0.1, 0.15) is 5.82 Å². The quantitative estimate of drug-likeness (QED) is 0.888. The van der Waals surface area contributed by atoms with E-state index in [-0.39, 0.29) is 11.4 Å². The van der Waals surface area contributed by atoms with Gasteiger partial charge < -0.3 is 10.2 Å². The maximum absolute atomic E-state index is 12.5. The first kappa shape index (κ1) is 15.5. The Morgan fingerprint density at radius 2 is 2.00 bits per heavy atom. The fourth-order valence-corrected chi connectivity index (χ4v) is 1.77. The Balaban J connectivity index is 3.05. The Kier molecular flexibility index (Phi) is 4.92. The van der Waals surface area contributed by atoms with E-state index in [0.717, 1.165) is 24.5 Å². The van der Waals surface area contributed by atoms with Crippen LogP contribution >= 0.6 is 0 Å². The molecule has 0 radical (unpaired) electrons. The summed E-state index contributed by atoms with van der Waals surface area (Å²) in [5.41, 5.74) is 1.39. The van der Waals surface area contributed by atoms with E-state index < -0.39 is 0 Å². The Morgan fingerprint density at radius 3 is 2.53 bits per heavy atom. The van der Waals surface area contributed by atoms with Crippen LogP contribution in [0, 0.1) is 6.92 Å². The Hall–Kier alpha value is -1.58. The number of rotatable bonds is 5. The van der Waals surface area contributed by atoms with Crippen LogP contribution < -0.4 is 5.32 Å². The van der Waals surface area contributed by atoms with Crippen molar-refractivity contribution in [2.45, 2.75) is 46.6 Å². The number of hydrogen-bond donors (Lipinski definition) is 1. The molecule has 4 nitrogen and oxygen atoms in total. The zero-order chi connectivity index (χ0) is 14.6. The zero-order valence-corrected chi connectivity index (χ0v) is 12.9. The Labute approximate surface area is 116 Å². The lowest BCUT2D eigenvalue weighted by molar-refractivity contribution is 0.0620. The van der Waals surface area contributed by atoms with Crippen LogP contribution in [0.5, 0.6) is 0 Å². The molecule has 19 heavy (non-hydrogen) atoms. The summed E-state index contributed by atoms with van der Waals surface area (Å²) in [5, 5.41) is 3.15. The summed E-state index contributed by atoms with van der Waals surface area (Å²) < 4.78 is 0. The van der Waals surface area contributed by atoms with Crippen molar-refractivity contribution in [1.82, 2.24) is 9.88 Å². The first-order valence-electron chi connectivity index (χ1n) is 6.82. The van der Waals surface area contributed by atoms with Crippen molar-refractivity contribution in [3.05, 3.63) is 23.4 Å². The summed E-state index contributed by atoms with van der Waals surface area (Å²) in [7, 11) is 1.86. The van der Waals surface area contributed by atoms with E-state index in [9.17, 15) is 4.79 Å². The molecule has 1 aromatic rings. The van der Waals surface area contributed by atoms with Gasteiger partial charge in [0.05, 0.1) is 0 Å². The van der Waals surface area contributed by atoms with Gasteiger partial charge in [-0.15, -0.1) is 0 Å². The number of aromatic nitrogens is 1. The monoisotopic (exact) mass is 263 g/mol. The topological polar surface area (TPSA) is 45.2 Å². The van der Waals surface area contributed by atoms with Crippen LogP contribution in [0.3, 0.4) is 0 Å².